The number of rotatable bonds is 9. The summed E-state index contributed by atoms with van der Waals surface area (Å²) in [4.78, 5) is 36.6. The van der Waals surface area contributed by atoms with E-state index >= 15 is 0 Å². The summed E-state index contributed by atoms with van der Waals surface area (Å²) in [6.45, 7) is 0.409. The number of carboxylic acids is 1. The SMILES string of the molecule is O=C(CCCNC(=O)c1cc2c(Cl)cccc2s1)c1ccc(OC2CCC(C(=O)O)CC2)cc1. The van der Waals surface area contributed by atoms with Gasteiger partial charge in [0, 0.05) is 33.6 Å². The van der Waals surface area contributed by atoms with Gasteiger partial charge in [-0.15, -0.1) is 11.3 Å². The van der Waals surface area contributed by atoms with Gasteiger partial charge in [0.15, 0.2) is 5.78 Å². The maximum absolute atomic E-state index is 12.5. The Morgan fingerprint density at radius 3 is 2.47 bits per heavy atom. The minimum absolute atomic E-state index is 0.0106. The predicted octanol–water partition coefficient (Wildman–Crippen LogP) is 5.97. The molecule has 1 saturated carbocycles. The first-order valence-corrected chi connectivity index (χ1v) is 12.6. The third-order valence-corrected chi connectivity index (χ3v) is 7.53. The molecule has 6 nitrogen and oxygen atoms in total. The Morgan fingerprint density at radius 2 is 1.79 bits per heavy atom. The van der Waals surface area contributed by atoms with Gasteiger partial charge in [0.25, 0.3) is 5.91 Å². The highest BCUT2D eigenvalue weighted by molar-refractivity contribution is 7.20. The molecular weight excluding hydrogens is 474 g/mol. The molecule has 1 aliphatic rings. The summed E-state index contributed by atoms with van der Waals surface area (Å²) < 4.78 is 6.92. The van der Waals surface area contributed by atoms with E-state index in [1.54, 1.807) is 36.4 Å². The predicted molar refractivity (Wildman–Crippen MR) is 133 cm³/mol. The van der Waals surface area contributed by atoms with Gasteiger partial charge >= 0.3 is 5.97 Å². The third-order valence-electron chi connectivity index (χ3n) is 6.10. The van der Waals surface area contributed by atoms with Crippen LogP contribution in [0.15, 0.2) is 48.5 Å². The molecule has 0 saturated heterocycles. The number of benzene rings is 2. The molecule has 178 valence electrons. The van der Waals surface area contributed by atoms with Crippen molar-refractivity contribution in [2.24, 2.45) is 5.92 Å². The number of ether oxygens (including phenoxy) is 1. The molecule has 1 fully saturated rings. The number of carboxylic acid groups (broad SMARTS) is 1. The molecule has 1 heterocycles. The van der Waals surface area contributed by atoms with Crippen molar-refractivity contribution in [1.82, 2.24) is 5.32 Å². The summed E-state index contributed by atoms with van der Waals surface area (Å²) in [5.41, 5.74) is 0.604. The Bertz CT molecular complexity index is 1180. The van der Waals surface area contributed by atoms with Gasteiger partial charge in [0.2, 0.25) is 0 Å². The Hall–Kier alpha value is -2.90. The molecule has 0 radical (unpaired) electrons. The van der Waals surface area contributed by atoms with Crippen molar-refractivity contribution in [3.05, 3.63) is 64.0 Å². The molecule has 4 rings (SSSR count). The molecule has 0 bridgehead atoms. The van der Waals surface area contributed by atoms with Crippen molar-refractivity contribution >= 4 is 50.7 Å². The summed E-state index contributed by atoms with van der Waals surface area (Å²) in [6.07, 6.45) is 3.58. The van der Waals surface area contributed by atoms with E-state index < -0.39 is 5.97 Å². The van der Waals surface area contributed by atoms with E-state index in [-0.39, 0.29) is 23.7 Å². The second-order valence-electron chi connectivity index (χ2n) is 8.50. The second-order valence-corrected chi connectivity index (χ2v) is 9.99. The van der Waals surface area contributed by atoms with Crippen molar-refractivity contribution in [3.63, 3.8) is 0 Å². The van der Waals surface area contributed by atoms with E-state index in [9.17, 15) is 14.4 Å². The lowest BCUT2D eigenvalue weighted by Gasteiger charge is -2.26. The highest BCUT2D eigenvalue weighted by Gasteiger charge is 2.26. The number of hydrogen-bond donors (Lipinski definition) is 2. The van der Waals surface area contributed by atoms with E-state index in [0.717, 1.165) is 22.9 Å². The van der Waals surface area contributed by atoms with Crippen LogP contribution >= 0.6 is 22.9 Å². The van der Waals surface area contributed by atoms with Gasteiger partial charge in [-0.2, -0.15) is 0 Å². The molecular formula is C26H26ClNO5S. The van der Waals surface area contributed by atoms with Gasteiger partial charge in [-0.1, -0.05) is 17.7 Å². The van der Waals surface area contributed by atoms with E-state index in [1.807, 2.05) is 12.1 Å². The first-order chi connectivity index (χ1) is 16.4. The Kier molecular flexibility index (Phi) is 7.85. The smallest absolute Gasteiger partial charge is 0.306 e. The van der Waals surface area contributed by atoms with Crippen LogP contribution in [0, 0.1) is 5.92 Å². The largest absolute Gasteiger partial charge is 0.490 e. The highest BCUT2D eigenvalue weighted by Crippen LogP contribution is 2.31. The van der Waals surface area contributed by atoms with Crippen molar-refractivity contribution < 1.29 is 24.2 Å². The number of Topliss-reactive ketones (excluding diaryl/α,β-unsaturated/α-hetero) is 1. The van der Waals surface area contributed by atoms with Gasteiger partial charge in [-0.3, -0.25) is 14.4 Å². The number of thiophene rings is 1. The molecule has 3 aromatic rings. The number of carbonyl (C=O) groups is 3. The average Bonchev–Trinajstić information content (AvgIpc) is 3.28. The maximum atomic E-state index is 12.5. The van der Waals surface area contributed by atoms with E-state index in [1.165, 1.54) is 11.3 Å². The van der Waals surface area contributed by atoms with Crippen LogP contribution in [0.3, 0.4) is 0 Å². The molecule has 0 atom stereocenters. The molecule has 2 aromatic carbocycles. The van der Waals surface area contributed by atoms with Crippen molar-refractivity contribution in [2.45, 2.75) is 44.6 Å². The zero-order valence-electron chi connectivity index (χ0n) is 18.6. The van der Waals surface area contributed by atoms with Gasteiger partial charge < -0.3 is 15.2 Å². The molecule has 0 spiro atoms. The first kappa shape index (κ1) is 24.2. The first-order valence-electron chi connectivity index (χ1n) is 11.4. The molecule has 8 heteroatoms. The van der Waals surface area contributed by atoms with Crippen molar-refractivity contribution in [1.29, 1.82) is 0 Å². The lowest BCUT2D eigenvalue weighted by atomic mass is 9.87. The number of fused-ring (bicyclic) bond motifs is 1. The molecule has 2 N–H and O–H groups in total. The zero-order chi connectivity index (χ0) is 24.1. The molecule has 0 unspecified atom stereocenters. The number of nitrogens with one attached hydrogen (secondary N) is 1. The quantitative estimate of drug-likeness (QED) is 0.279. The number of aliphatic carboxylic acids is 1. The van der Waals surface area contributed by atoms with Gasteiger partial charge in [-0.25, -0.2) is 0 Å². The van der Waals surface area contributed by atoms with Gasteiger partial charge in [0.1, 0.15) is 5.75 Å². The van der Waals surface area contributed by atoms with Crippen molar-refractivity contribution in [3.8, 4) is 5.75 Å². The standard InChI is InChI=1S/C26H26ClNO5S/c27-21-3-1-5-23-20(21)15-24(34-23)25(30)28-14-2-4-22(29)16-6-10-18(11-7-16)33-19-12-8-17(9-13-19)26(31)32/h1,3,5-7,10-11,15,17,19H,2,4,8-9,12-14H2,(H,28,30)(H,31,32). The number of ketones is 1. The van der Waals surface area contributed by atoms with Crippen LogP contribution in [0.2, 0.25) is 5.02 Å². The fourth-order valence-corrected chi connectivity index (χ4v) is 5.45. The molecule has 1 aliphatic carbocycles. The van der Waals surface area contributed by atoms with Crippen LogP contribution in [0.1, 0.15) is 58.6 Å². The Labute approximate surface area is 206 Å². The molecule has 34 heavy (non-hydrogen) atoms. The molecule has 0 aliphatic heterocycles. The normalized spacial score (nSPS) is 17.9. The maximum Gasteiger partial charge on any atom is 0.306 e. The second kappa shape index (κ2) is 11.0. The summed E-state index contributed by atoms with van der Waals surface area (Å²) in [5, 5.41) is 13.5. The lowest BCUT2D eigenvalue weighted by Crippen LogP contribution is -2.27. The summed E-state index contributed by atoms with van der Waals surface area (Å²) in [5.74, 6) is -0.468. The molecule has 1 aromatic heterocycles. The van der Waals surface area contributed by atoms with E-state index in [2.05, 4.69) is 5.32 Å². The lowest BCUT2D eigenvalue weighted by molar-refractivity contribution is -0.143. The number of hydrogen-bond acceptors (Lipinski definition) is 5. The number of halogens is 1. The topological polar surface area (TPSA) is 92.7 Å². The Balaban J connectivity index is 1.20. The van der Waals surface area contributed by atoms with Crippen LogP contribution in [0.4, 0.5) is 0 Å². The minimum Gasteiger partial charge on any atom is -0.490 e. The van der Waals surface area contributed by atoms with Gasteiger partial charge in [0.05, 0.1) is 16.9 Å². The fraction of sp³-hybridized carbons (Fsp3) is 0.346. The minimum atomic E-state index is -0.731. The van der Waals surface area contributed by atoms with E-state index in [4.69, 9.17) is 21.4 Å². The monoisotopic (exact) mass is 499 g/mol. The summed E-state index contributed by atoms with van der Waals surface area (Å²) >= 11 is 7.57. The highest BCUT2D eigenvalue weighted by atomic mass is 35.5. The average molecular weight is 500 g/mol. The zero-order valence-corrected chi connectivity index (χ0v) is 20.2. The Morgan fingerprint density at radius 1 is 1.06 bits per heavy atom. The number of amides is 1. The fourth-order valence-electron chi connectivity index (χ4n) is 4.16. The van der Waals surface area contributed by atoms with Crippen LogP contribution in [0.25, 0.3) is 10.1 Å². The van der Waals surface area contributed by atoms with Gasteiger partial charge in [-0.05, 0) is 74.6 Å². The van der Waals surface area contributed by atoms with Crippen LogP contribution in [0.5, 0.6) is 5.75 Å². The van der Waals surface area contributed by atoms with Crippen LogP contribution in [-0.4, -0.2) is 35.4 Å². The van der Waals surface area contributed by atoms with E-state index in [0.29, 0.717) is 53.4 Å². The van der Waals surface area contributed by atoms with Crippen LogP contribution < -0.4 is 10.1 Å². The summed E-state index contributed by atoms with van der Waals surface area (Å²) in [7, 11) is 0. The summed E-state index contributed by atoms with van der Waals surface area (Å²) in [6, 6.07) is 14.5. The van der Waals surface area contributed by atoms with Crippen molar-refractivity contribution in [2.75, 3.05) is 6.54 Å². The third kappa shape index (κ3) is 5.96. The number of carbonyl (C=O) groups excluding carboxylic acids is 2. The molecule has 1 amide bonds. The van der Waals surface area contributed by atoms with Crippen LogP contribution in [-0.2, 0) is 4.79 Å².